The monoisotopic (exact) mass is 279 g/mol. The minimum Gasteiger partial charge on any atom is -0.465 e. The number of carbonyl (C=O) groups excluding carboxylic acids is 1. The second-order valence-electron chi connectivity index (χ2n) is 4.36. The van der Waals surface area contributed by atoms with Gasteiger partial charge in [0.1, 0.15) is 0 Å². The number of esters is 1. The van der Waals surface area contributed by atoms with E-state index in [9.17, 15) is 18.0 Å². The average molecular weight is 279 g/mol. The molecular formula is C13H20F3NO2. The highest BCUT2D eigenvalue weighted by Gasteiger charge is 2.47. The van der Waals surface area contributed by atoms with Crippen molar-refractivity contribution in [3.05, 3.63) is 0 Å². The van der Waals surface area contributed by atoms with Crippen LogP contribution in [0.4, 0.5) is 13.2 Å². The maximum absolute atomic E-state index is 12.9. The number of unbranched alkanes of at least 4 members (excludes halogenated alkanes) is 3. The summed E-state index contributed by atoms with van der Waals surface area (Å²) < 4.78 is 43.3. The molecule has 2 unspecified atom stereocenters. The molecule has 2 atom stereocenters. The summed E-state index contributed by atoms with van der Waals surface area (Å²) in [6.07, 6.45) is -1.98. The summed E-state index contributed by atoms with van der Waals surface area (Å²) in [4.78, 5) is 11.4. The lowest BCUT2D eigenvalue weighted by Crippen LogP contribution is -2.35. The lowest BCUT2D eigenvalue weighted by Gasteiger charge is -2.23. The van der Waals surface area contributed by atoms with E-state index in [1.807, 2.05) is 6.92 Å². The molecule has 19 heavy (non-hydrogen) atoms. The normalized spacial score (nSPS) is 14.5. The molecule has 0 heterocycles. The van der Waals surface area contributed by atoms with Crippen LogP contribution in [-0.2, 0) is 9.53 Å². The fourth-order valence-corrected chi connectivity index (χ4v) is 1.85. The Morgan fingerprint density at radius 3 is 2.32 bits per heavy atom. The van der Waals surface area contributed by atoms with Crippen LogP contribution in [0.5, 0.6) is 0 Å². The summed E-state index contributed by atoms with van der Waals surface area (Å²) in [5.74, 6) is -4.78. The molecule has 0 aromatic heterocycles. The molecular weight excluding hydrogens is 259 g/mol. The van der Waals surface area contributed by atoms with E-state index in [4.69, 9.17) is 5.26 Å². The third-order valence-corrected chi connectivity index (χ3v) is 2.87. The number of alkyl halides is 3. The molecule has 110 valence electrons. The SMILES string of the molecule is CCCCCCC(C(C#N)C(=O)OCC)C(F)(F)F. The van der Waals surface area contributed by atoms with Gasteiger partial charge in [-0.3, -0.25) is 4.79 Å². The largest absolute Gasteiger partial charge is 0.465 e. The first-order valence-corrected chi connectivity index (χ1v) is 6.51. The van der Waals surface area contributed by atoms with Gasteiger partial charge < -0.3 is 4.74 Å². The molecule has 0 aromatic carbocycles. The molecule has 3 nitrogen and oxygen atoms in total. The molecule has 0 amide bonds. The molecule has 0 N–H and O–H groups in total. The minimum absolute atomic E-state index is 0.0303. The van der Waals surface area contributed by atoms with Crippen molar-refractivity contribution in [1.29, 1.82) is 5.26 Å². The fourth-order valence-electron chi connectivity index (χ4n) is 1.85. The molecule has 0 bridgehead atoms. The van der Waals surface area contributed by atoms with Gasteiger partial charge in [0.25, 0.3) is 0 Å². The van der Waals surface area contributed by atoms with Crippen LogP contribution in [0.3, 0.4) is 0 Å². The standard InChI is InChI=1S/C13H20F3NO2/c1-3-5-6-7-8-11(13(14,15)16)10(9-17)12(18)19-4-2/h10-11H,3-8H2,1-2H3. The molecule has 0 rings (SSSR count). The highest BCUT2D eigenvalue weighted by molar-refractivity contribution is 5.75. The number of hydrogen-bond donors (Lipinski definition) is 0. The molecule has 0 aliphatic carbocycles. The van der Waals surface area contributed by atoms with Crippen molar-refractivity contribution in [2.75, 3.05) is 6.61 Å². The molecule has 0 radical (unpaired) electrons. The molecule has 0 aliphatic heterocycles. The van der Waals surface area contributed by atoms with Crippen molar-refractivity contribution in [3.63, 3.8) is 0 Å². The first-order chi connectivity index (χ1) is 8.88. The summed E-state index contributed by atoms with van der Waals surface area (Å²) in [6.45, 7) is 3.42. The van der Waals surface area contributed by atoms with Gasteiger partial charge in [-0.05, 0) is 13.3 Å². The first kappa shape index (κ1) is 17.8. The molecule has 0 aromatic rings. The van der Waals surface area contributed by atoms with Gasteiger partial charge in [-0.15, -0.1) is 0 Å². The second-order valence-corrected chi connectivity index (χ2v) is 4.36. The van der Waals surface area contributed by atoms with Crippen LogP contribution in [0.1, 0.15) is 46.0 Å². The van der Waals surface area contributed by atoms with Crippen LogP contribution in [0.15, 0.2) is 0 Å². The van der Waals surface area contributed by atoms with Crippen LogP contribution < -0.4 is 0 Å². The molecule has 0 aliphatic rings. The molecule has 0 saturated carbocycles. The van der Waals surface area contributed by atoms with Crippen LogP contribution in [-0.4, -0.2) is 18.8 Å². The molecule has 0 fully saturated rings. The summed E-state index contributed by atoms with van der Waals surface area (Å²) in [5.41, 5.74) is 0. The maximum Gasteiger partial charge on any atom is 0.393 e. The predicted molar refractivity (Wildman–Crippen MR) is 64.0 cm³/mol. The third kappa shape index (κ3) is 6.46. The third-order valence-electron chi connectivity index (χ3n) is 2.87. The number of hydrogen-bond acceptors (Lipinski definition) is 3. The Morgan fingerprint density at radius 2 is 1.89 bits per heavy atom. The van der Waals surface area contributed by atoms with Crippen molar-refractivity contribution < 1.29 is 22.7 Å². The Bertz CT molecular complexity index is 310. The van der Waals surface area contributed by atoms with Crippen LogP contribution >= 0.6 is 0 Å². The van der Waals surface area contributed by atoms with E-state index in [0.29, 0.717) is 12.8 Å². The van der Waals surface area contributed by atoms with E-state index in [2.05, 4.69) is 4.74 Å². The predicted octanol–water partition coefficient (Wildman–Crippen LogP) is 3.84. The van der Waals surface area contributed by atoms with Crippen molar-refractivity contribution >= 4 is 5.97 Å². The van der Waals surface area contributed by atoms with E-state index in [0.717, 1.165) is 12.8 Å². The van der Waals surface area contributed by atoms with Gasteiger partial charge in [0, 0.05) is 0 Å². The second kappa shape index (κ2) is 8.78. The number of rotatable bonds is 8. The van der Waals surface area contributed by atoms with Crippen molar-refractivity contribution in [2.24, 2.45) is 11.8 Å². The Hall–Kier alpha value is -1.25. The van der Waals surface area contributed by atoms with Gasteiger partial charge in [-0.25, -0.2) is 0 Å². The van der Waals surface area contributed by atoms with Gasteiger partial charge in [-0.2, -0.15) is 18.4 Å². The van der Waals surface area contributed by atoms with Crippen LogP contribution in [0.2, 0.25) is 0 Å². The molecule has 6 heteroatoms. The van der Waals surface area contributed by atoms with E-state index in [1.54, 1.807) is 0 Å². The number of ether oxygens (including phenoxy) is 1. The average Bonchev–Trinajstić information content (AvgIpc) is 2.32. The zero-order valence-corrected chi connectivity index (χ0v) is 11.3. The zero-order chi connectivity index (χ0) is 14.9. The topological polar surface area (TPSA) is 50.1 Å². The van der Waals surface area contributed by atoms with Crippen molar-refractivity contribution in [3.8, 4) is 6.07 Å². The number of nitrogens with zero attached hydrogens (tertiary/aromatic N) is 1. The lowest BCUT2D eigenvalue weighted by molar-refractivity contribution is -0.194. The molecule has 0 saturated heterocycles. The van der Waals surface area contributed by atoms with E-state index in [-0.39, 0.29) is 13.0 Å². The highest BCUT2D eigenvalue weighted by atomic mass is 19.4. The van der Waals surface area contributed by atoms with Gasteiger partial charge in [0.2, 0.25) is 0 Å². The van der Waals surface area contributed by atoms with Crippen LogP contribution in [0, 0.1) is 23.2 Å². The zero-order valence-electron chi connectivity index (χ0n) is 11.3. The van der Waals surface area contributed by atoms with E-state index < -0.39 is 24.0 Å². The van der Waals surface area contributed by atoms with Crippen molar-refractivity contribution in [2.45, 2.75) is 52.1 Å². The van der Waals surface area contributed by atoms with Gasteiger partial charge >= 0.3 is 12.1 Å². The quantitative estimate of drug-likeness (QED) is 0.501. The number of carbonyl (C=O) groups is 1. The Morgan fingerprint density at radius 1 is 1.26 bits per heavy atom. The van der Waals surface area contributed by atoms with E-state index >= 15 is 0 Å². The van der Waals surface area contributed by atoms with Gasteiger partial charge in [0.15, 0.2) is 5.92 Å². The Kier molecular flexibility index (Phi) is 8.21. The summed E-state index contributed by atoms with van der Waals surface area (Å²) in [7, 11) is 0. The lowest BCUT2D eigenvalue weighted by atomic mass is 9.88. The molecule has 0 spiro atoms. The number of nitriles is 1. The number of halogens is 3. The Labute approximate surface area is 111 Å². The van der Waals surface area contributed by atoms with Crippen molar-refractivity contribution in [1.82, 2.24) is 0 Å². The summed E-state index contributed by atoms with van der Waals surface area (Å²) in [5, 5.41) is 8.81. The summed E-state index contributed by atoms with van der Waals surface area (Å²) in [6, 6.07) is 1.44. The van der Waals surface area contributed by atoms with E-state index in [1.165, 1.54) is 13.0 Å². The smallest absolute Gasteiger partial charge is 0.393 e. The van der Waals surface area contributed by atoms with Gasteiger partial charge in [-0.1, -0.05) is 32.6 Å². The summed E-state index contributed by atoms with van der Waals surface area (Å²) >= 11 is 0. The fraction of sp³-hybridized carbons (Fsp3) is 0.846. The minimum atomic E-state index is -4.56. The first-order valence-electron chi connectivity index (χ1n) is 6.51. The maximum atomic E-state index is 12.9. The van der Waals surface area contributed by atoms with Crippen LogP contribution in [0.25, 0.3) is 0 Å². The van der Waals surface area contributed by atoms with Gasteiger partial charge in [0.05, 0.1) is 18.6 Å². The Balaban J connectivity index is 4.72. The highest BCUT2D eigenvalue weighted by Crippen LogP contribution is 2.36.